The first-order valence-electron chi connectivity index (χ1n) is 7.58. The Morgan fingerprint density at radius 1 is 1.28 bits per heavy atom. The average molecular weight is 381 g/mol. The highest BCUT2D eigenvalue weighted by Gasteiger charge is 2.11. The number of carbonyl (C=O) groups is 1. The van der Waals surface area contributed by atoms with Crippen LogP contribution >= 0.6 is 23.4 Å². The van der Waals surface area contributed by atoms with E-state index in [0.717, 1.165) is 11.1 Å². The van der Waals surface area contributed by atoms with Gasteiger partial charge in [-0.2, -0.15) is 15.0 Å². The van der Waals surface area contributed by atoms with Gasteiger partial charge in [-0.3, -0.25) is 4.79 Å². The van der Waals surface area contributed by atoms with Gasteiger partial charge in [-0.05, 0) is 31.0 Å². The average Bonchev–Trinajstić information content (AvgIpc) is 2.50. The van der Waals surface area contributed by atoms with Gasteiger partial charge in [0.15, 0.2) is 0 Å². The Labute approximate surface area is 156 Å². The van der Waals surface area contributed by atoms with Crippen LogP contribution in [0.4, 0.5) is 17.6 Å². The fourth-order valence-electron chi connectivity index (χ4n) is 2.17. The van der Waals surface area contributed by atoms with E-state index in [1.807, 2.05) is 40.1 Å². The molecule has 0 bridgehead atoms. The number of rotatable bonds is 6. The van der Waals surface area contributed by atoms with Gasteiger partial charge < -0.3 is 16.0 Å². The molecule has 0 aliphatic rings. The summed E-state index contributed by atoms with van der Waals surface area (Å²) < 4.78 is 0. The number of nitrogens with two attached hydrogens (primary N) is 1. The number of carbonyl (C=O) groups excluding carboxylic acids is 1. The number of aryl methyl sites for hydroxylation is 2. The van der Waals surface area contributed by atoms with Crippen LogP contribution in [0.2, 0.25) is 5.02 Å². The third-order valence-corrected chi connectivity index (χ3v) is 4.47. The fraction of sp³-hybridized carbons (Fsp3) is 0.375. The zero-order valence-electron chi connectivity index (χ0n) is 14.6. The van der Waals surface area contributed by atoms with E-state index in [-0.39, 0.29) is 17.6 Å². The number of amides is 1. The van der Waals surface area contributed by atoms with Crippen molar-refractivity contribution in [3.63, 3.8) is 0 Å². The van der Waals surface area contributed by atoms with Crippen molar-refractivity contribution in [3.05, 3.63) is 34.1 Å². The van der Waals surface area contributed by atoms with Crippen LogP contribution < -0.4 is 16.0 Å². The quantitative estimate of drug-likeness (QED) is 0.794. The third kappa shape index (κ3) is 5.47. The minimum Gasteiger partial charge on any atom is -0.368 e. The van der Waals surface area contributed by atoms with Gasteiger partial charge in [0, 0.05) is 14.1 Å². The van der Waals surface area contributed by atoms with Crippen LogP contribution in [0.15, 0.2) is 12.1 Å². The second-order valence-electron chi connectivity index (χ2n) is 5.78. The van der Waals surface area contributed by atoms with Gasteiger partial charge >= 0.3 is 0 Å². The summed E-state index contributed by atoms with van der Waals surface area (Å²) in [5, 5.41) is 3.39. The minimum atomic E-state index is -0.131. The van der Waals surface area contributed by atoms with E-state index >= 15 is 0 Å². The zero-order chi connectivity index (χ0) is 18.6. The lowest BCUT2D eigenvalue weighted by atomic mass is 10.1. The molecule has 0 aliphatic carbocycles. The second-order valence-corrected chi connectivity index (χ2v) is 7.18. The van der Waals surface area contributed by atoms with Crippen LogP contribution in [-0.4, -0.2) is 40.7 Å². The number of anilines is 3. The van der Waals surface area contributed by atoms with Crippen molar-refractivity contribution in [2.45, 2.75) is 19.6 Å². The molecule has 7 nitrogen and oxygen atoms in total. The van der Waals surface area contributed by atoms with Crippen LogP contribution in [-0.2, 0) is 10.5 Å². The van der Waals surface area contributed by atoms with Gasteiger partial charge in [0.25, 0.3) is 0 Å². The number of nitrogen functional groups attached to an aromatic ring is 1. The molecule has 0 aliphatic heterocycles. The highest BCUT2D eigenvalue weighted by Crippen LogP contribution is 2.27. The molecule has 0 radical (unpaired) electrons. The van der Waals surface area contributed by atoms with Crippen molar-refractivity contribution in [1.29, 1.82) is 0 Å². The normalized spacial score (nSPS) is 10.6. The maximum absolute atomic E-state index is 12.2. The van der Waals surface area contributed by atoms with Crippen molar-refractivity contribution in [3.8, 4) is 0 Å². The summed E-state index contributed by atoms with van der Waals surface area (Å²) in [5.74, 6) is 1.79. The smallest absolute Gasteiger partial charge is 0.234 e. The highest BCUT2D eigenvalue weighted by atomic mass is 35.5. The Bertz CT molecular complexity index is 760. The Balaban J connectivity index is 1.93. The summed E-state index contributed by atoms with van der Waals surface area (Å²) in [6, 6.07) is 3.80. The number of nitrogens with zero attached hydrogens (tertiary/aromatic N) is 4. The van der Waals surface area contributed by atoms with Gasteiger partial charge in [-0.25, -0.2) is 0 Å². The first-order valence-corrected chi connectivity index (χ1v) is 9.11. The lowest BCUT2D eigenvalue weighted by Crippen LogP contribution is -2.17. The minimum absolute atomic E-state index is 0.131. The first-order chi connectivity index (χ1) is 11.8. The molecule has 1 amide bonds. The van der Waals surface area contributed by atoms with Crippen molar-refractivity contribution in [2.24, 2.45) is 0 Å². The molecule has 1 aromatic carbocycles. The van der Waals surface area contributed by atoms with Crippen molar-refractivity contribution in [1.82, 2.24) is 15.0 Å². The van der Waals surface area contributed by atoms with Gasteiger partial charge in [-0.1, -0.05) is 17.7 Å². The zero-order valence-corrected chi connectivity index (χ0v) is 16.2. The van der Waals surface area contributed by atoms with Crippen LogP contribution in [0.3, 0.4) is 0 Å². The molecule has 0 spiro atoms. The molecular weight excluding hydrogens is 360 g/mol. The van der Waals surface area contributed by atoms with Gasteiger partial charge in [0.1, 0.15) is 5.82 Å². The largest absolute Gasteiger partial charge is 0.368 e. The maximum Gasteiger partial charge on any atom is 0.234 e. The summed E-state index contributed by atoms with van der Waals surface area (Å²) in [7, 11) is 3.65. The van der Waals surface area contributed by atoms with E-state index < -0.39 is 0 Å². The van der Waals surface area contributed by atoms with Crippen LogP contribution in [0.25, 0.3) is 0 Å². The Hall–Kier alpha value is -2.06. The third-order valence-electron chi connectivity index (χ3n) is 3.25. The van der Waals surface area contributed by atoms with Crippen molar-refractivity contribution in [2.75, 3.05) is 35.8 Å². The summed E-state index contributed by atoms with van der Waals surface area (Å²) in [6.07, 6.45) is 0. The van der Waals surface area contributed by atoms with E-state index in [9.17, 15) is 4.79 Å². The number of benzene rings is 1. The molecule has 3 N–H and O–H groups in total. The number of nitrogens with one attached hydrogen (secondary N) is 1. The lowest BCUT2D eigenvalue weighted by molar-refractivity contribution is -0.113. The van der Waals surface area contributed by atoms with Crippen LogP contribution in [0.5, 0.6) is 0 Å². The number of halogens is 1. The van der Waals surface area contributed by atoms with E-state index in [2.05, 4.69) is 20.3 Å². The molecule has 25 heavy (non-hydrogen) atoms. The number of hydrogen-bond acceptors (Lipinski definition) is 7. The fourth-order valence-corrected chi connectivity index (χ4v) is 3.21. The molecule has 0 fully saturated rings. The molecular formula is C16H21ClN6OS. The van der Waals surface area contributed by atoms with Gasteiger partial charge in [-0.15, -0.1) is 11.8 Å². The predicted molar refractivity (Wildman–Crippen MR) is 104 cm³/mol. The summed E-state index contributed by atoms with van der Waals surface area (Å²) in [6.45, 7) is 3.88. The Morgan fingerprint density at radius 2 is 2.00 bits per heavy atom. The van der Waals surface area contributed by atoms with Crippen molar-refractivity contribution >= 4 is 46.9 Å². The molecule has 0 atom stereocenters. The molecule has 9 heteroatoms. The Morgan fingerprint density at radius 3 is 2.64 bits per heavy atom. The molecule has 1 heterocycles. The summed E-state index contributed by atoms with van der Waals surface area (Å²) >= 11 is 7.60. The standard InChI is InChI=1S/C16H21ClN6OS/c1-9-5-10(2)14(11(17)6-9)21-13(24)8-25-7-12-19-15(18)22-16(20-12)23(3)4/h5-6H,7-8H2,1-4H3,(H,21,24)(H2,18,19,20,22). The number of thioether (sulfide) groups is 1. The number of hydrogen-bond donors (Lipinski definition) is 2. The van der Waals surface area contributed by atoms with Gasteiger partial charge in [0.05, 0.1) is 22.2 Å². The topological polar surface area (TPSA) is 97.0 Å². The molecule has 0 saturated carbocycles. The monoisotopic (exact) mass is 380 g/mol. The highest BCUT2D eigenvalue weighted by molar-refractivity contribution is 7.99. The maximum atomic E-state index is 12.2. The van der Waals surface area contributed by atoms with E-state index in [0.29, 0.717) is 28.2 Å². The predicted octanol–water partition coefficient (Wildman–Crippen LogP) is 2.66. The van der Waals surface area contributed by atoms with Crippen LogP contribution in [0, 0.1) is 13.8 Å². The summed E-state index contributed by atoms with van der Waals surface area (Å²) in [4.78, 5) is 26.3. The van der Waals surface area contributed by atoms with E-state index in [1.54, 1.807) is 4.90 Å². The summed E-state index contributed by atoms with van der Waals surface area (Å²) in [5.41, 5.74) is 8.32. The van der Waals surface area contributed by atoms with Crippen molar-refractivity contribution < 1.29 is 4.79 Å². The molecule has 0 unspecified atom stereocenters. The number of aromatic nitrogens is 3. The molecule has 2 rings (SSSR count). The first kappa shape index (κ1) is 19.3. The van der Waals surface area contributed by atoms with Gasteiger partial charge in [0.2, 0.25) is 17.8 Å². The molecule has 1 aromatic heterocycles. The molecule has 134 valence electrons. The molecule has 2 aromatic rings. The second kappa shape index (κ2) is 8.35. The van der Waals surface area contributed by atoms with E-state index in [1.165, 1.54) is 11.8 Å². The Kier molecular flexibility index (Phi) is 6.44. The van der Waals surface area contributed by atoms with E-state index in [4.69, 9.17) is 17.3 Å². The lowest BCUT2D eigenvalue weighted by Gasteiger charge is -2.12. The van der Waals surface area contributed by atoms with Crippen LogP contribution in [0.1, 0.15) is 17.0 Å². The molecule has 0 saturated heterocycles. The SMILES string of the molecule is Cc1cc(C)c(NC(=O)CSCc2nc(N)nc(N(C)C)n2)c(Cl)c1.